The van der Waals surface area contributed by atoms with Crippen molar-refractivity contribution in [2.45, 2.75) is 32.4 Å². The third-order valence-electron chi connectivity index (χ3n) is 5.17. The number of nitrogens with one attached hydrogen (secondary N) is 1. The van der Waals surface area contributed by atoms with E-state index < -0.39 is 5.41 Å². The van der Waals surface area contributed by atoms with Gasteiger partial charge in [-0.25, -0.2) is 0 Å². The second-order valence-corrected chi connectivity index (χ2v) is 7.05. The van der Waals surface area contributed by atoms with Crippen molar-refractivity contribution in [1.29, 1.82) is 0 Å². The first-order valence-corrected chi connectivity index (χ1v) is 8.53. The molecule has 0 bridgehead atoms. The second-order valence-electron chi connectivity index (χ2n) is 7.05. The summed E-state index contributed by atoms with van der Waals surface area (Å²) in [4.78, 5) is 12.8. The average Bonchev–Trinajstić information content (AvgIpc) is 2.64. The lowest BCUT2D eigenvalue weighted by atomic mass is 9.71. The van der Waals surface area contributed by atoms with Gasteiger partial charge in [-0.05, 0) is 35.4 Å². The number of hydrogen-bond acceptors (Lipinski definition) is 4. The maximum Gasteiger partial charge on any atom is 0.142 e. The average molecular weight is 339 g/mol. The largest absolute Gasteiger partial charge is 0.497 e. The fourth-order valence-electron chi connectivity index (χ4n) is 3.44. The summed E-state index contributed by atoms with van der Waals surface area (Å²) in [5, 5.41) is 3.68. The number of carbonyl (C=O) groups excluding carboxylic acids is 1. The van der Waals surface area contributed by atoms with Crippen LogP contribution in [-0.4, -0.2) is 20.0 Å². The lowest BCUT2D eigenvalue weighted by Gasteiger charge is -2.42. The Labute approximate surface area is 149 Å². The van der Waals surface area contributed by atoms with Crippen LogP contribution < -0.4 is 14.8 Å². The van der Waals surface area contributed by atoms with Crippen LogP contribution in [0.2, 0.25) is 0 Å². The summed E-state index contributed by atoms with van der Waals surface area (Å²) in [6.07, 6.45) is 0.492. The molecule has 0 saturated carbocycles. The number of carbonyl (C=O) groups is 1. The van der Waals surface area contributed by atoms with Gasteiger partial charge in [0.05, 0.1) is 14.2 Å². The van der Waals surface area contributed by atoms with Gasteiger partial charge >= 0.3 is 0 Å². The molecular formula is C21H25NO3. The predicted molar refractivity (Wildman–Crippen MR) is 98.0 cm³/mol. The van der Waals surface area contributed by atoms with Gasteiger partial charge in [-0.3, -0.25) is 4.79 Å². The second kappa shape index (κ2) is 6.89. The number of hydrogen-bond donors (Lipinski definition) is 1. The number of methoxy groups -OCH3 is 2. The van der Waals surface area contributed by atoms with Crippen LogP contribution in [0.25, 0.3) is 0 Å². The fourth-order valence-corrected chi connectivity index (χ4v) is 3.44. The first-order chi connectivity index (χ1) is 12.0. The molecule has 4 nitrogen and oxygen atoms in total. The first-order valence-electron chi connectivity index (χ1n) is 8.53. The van der Waals surface area contributed by atoms with Crippen LogP contribution in [0.3, 0.4) is 0 Å². The fraction of sp³-hybridized carbons (Fsp3) is 0.381. The Morgan fingerprint density at radius 3 is 1.84 bits per heavy atom. The third-order valence-corrected chi connectivity index (χ3v) is 5.17. The monoisotopic (exact) mass is 339 g/mol. The Balaban J connectivity index is 1.90. The Kier molecular flexibility index (Phi) is 4.82. The quantitative estimate of drug-likeness (QED) is 0.912. The van der Waals surface area contributed by atoms with Gasteiger partial charge < -0.3 is 14.8 Å². The molecule has 1 N–H and O–H groups in total. The summed E-state index contributed by atoms with van der Waals surface area (Å²) in [5.41, 5.74) is 1.73. The minimum absolute atomic E-state index is 0.00136. The van der Waals surface area contributed by atoms with Crippen LogP contribution >= 0.6 is 0 Å². The Morgan fingerprint density at radius 1 is 0.880 bits per heavy atom. The molecule has 2 aromatic carbocycles. The highest BCUT2D eigenvalue weighted by atomic mass is 16.5. The molecule has 25 heavy (non-hydrogen) atoms. The third kappa shape index (κ3) is 3.40. The highest BCUT2D eigenvalue weighted by Gasteiger charge is 2.43. The van der Waals surface area contributed by atoms with E-state index in [0.29, 0.717) is 6.42 Å². The standard InChI is InChI=1S/C21H25NO3/c1-21(2)19(23)13-18(14-5-9-16(24-3)10-6-14)22-20(21)15-7-11-17(25-4)12-8-15/h5-12,18,20,22H,13H2,1-4H3/t18-,20-/m1/s1. The molecule has 0 aliphatic carbocycles. The molecule has 1 saturated heterocycles. The van der Waals surface area contributed by atoms with Gasteiger partial charge in [-0.2, -0.15) is 0 Å². The van der Waals surface area contributed by atoms with Crippen molar-refractivity contribution in [3.05, 3.63) is 59.7 Å². The van der Waals surface area contributed by atoms with Crippen LogP contribution in [0.1, 0.15) is 43.5 Å². The SMILES string of the molecule is COc1ccc([C@H]2N[C@@H](c3ccc(OC)cc3)CC(=O)C2(C)C)cc1. The number of piperidine rings is 1. The summed E-state index contributed by atoms with van der Waals surface area (Å²) >= 11 is 0. The number of rotatable bonds is 4. The van der Waals surface area contributed by atoms with Crippen molar-refractivity contribution in [2.24, 2.45) is 5.41 Å². The van der Waals surface area contributed by atoms with E-state index in [1.807, 2.05) is 62.4 Å². The van der Waals surface area contributed by atoms with E-state index in [1.54, 1.807) is 14.2 Å². The van der Waals surface area contributed by atoms with Crippen LogP contribution in [0.5, 0.6) is 11.5 Å². The van der Waals surface area contributed by atoms with E-state index in [0.717, 1.165) is 22.6 Å². The summed E-state index contributed by atoms with van der Waals surface area (Å²) in [5.74, 6) is 1.90. The highest BCUT2D eigenvalue weighted by molar-refractivity contribution is 5.86. The number of ether oxygens (including phenoxy) is 2. The number of Topliss-reactive ketones (excluding diaryl/α,β-unsaturated/α-hetero) is 1. The number of benzene rings is 2. The summed E-state index contributed by atoms with van der Waals surface area (Å²) in [7, 11) is 3.31. The van der Waals surface area contributed by atoms with Crippen LogP contribution in [0.4, 0.5) is 0 Å². The molecule has 132 valence electrons. The Morgan fingerprint density at radius 2 is 1.36 bits per heavy atom. The molecule has 0 unspecified atom stereocenters. The molecule has 0 aromatic heterocycles. The molecule has 4 heteroatoms. The summed E-state index contributed by atoms with van der Waals surface area (Å²) in [6, 6.07) is 15.8. The molecule has 0 spiro atoms. The van der Waals surface area contributed by atoms with Gasteiger partial charge in [-0.15, -0.1) is 0 Å². The molecule has 2 atom stereocenters. The van der Waals surface area contributed by atoms with Gasteiger partial charge in [-0.1, -0.05) is 38.1 Å². The summed E-state index contributed by atoms with van der Waals surface area (Å²) < 4.78 is 10.5. The first kappa shape index (κ1) is 17.5. The minimum atomic E-state index is -0.461. The van der Waals surface area contributed by atoms with Gasteiger partial charge in [0.2, 0.25) is 0 Å². The van der Waals surface area contributed by atoms with Crippen LogP contribution in [0, 0.1) is 5.41 Å². The topological polar surface area (TPSA) is 47.6 Å². The van der Waals surface area contributed by atoms with E-state index in [4.69, 9.17) is 9.47 Å². The smallest absolute Gasteiger partial charge is 0.142 e. The molecule has 0 radical (unpaired) electrons. The van der Waals surface area contributed by atoms with Gasteiger partial charge in [0.1, 0.15) is 17.3 Å². The molecule has 1 aliphatic rings. The van der Waals surface area contributed by atoms with Gasteiger partial charge in [0, 0.05) is 23.9 Å². The van der Waals surface area contributed by atoms with E-state index in [9.17, 15) is 4.79 Å². The molecular weight excluding hydrogens is 314 g/mol. The van der Waals surface area contributed by atoms with Crippen molar-refractivity contribution >= 4 is 5.78 Å². The molecule has 2 aromatic rings. The van der Waals surface area contributed by atoms with E-state index in [1.165, 1.54) is 0 Å². The number of ketones is 1. The molecule has 0 amide bonds. The van der Waals surface area contributed by atoms with E-state index >= 15 is 0 Å². The minimum Gasteiger partial charge on any atom is -0.497 e. The lowest BCUT2D eigenvalue weighted by molar-refractivity contribution is -0.132. The zero-order valence-electron chi connectivity index (χ0n) is 15.2. The zero-order chi connectivity index (χ0) is 18.0. The van der Waals surface area contributed by atoms with Crippen molar-refractivity contribution in [3.8, 4) is 11.5 Å². The van der Waals surface area contributed by atoms with Gasteiger partial charge in [0.25, 0.3) is 0 Å². The van der Waals surface area contributed by atoms with Crippen LogP contribution in [-0.2, 0) is 4.79 Å². The molecule has 1 aliphatic heterocycles. The maximum absolute atomic E-state index is 12.8. The highest BCUT2D eigenvalue weighted by Crippen LogP contribution is 2.43. The van der Waals surface area contributed by atoms with Gasteiger partial charge in [0.15, 0.2) is 0 Å². The predicted octanol–water partition coefficient (Wildman–Crippen LogP) is 4.07. The summed E-state index contributed by atoms with van der Waals surface area (Å²) in [6.45, 7) is 4.03. The van der Waals surface area contributed by atoms with E-state index in [-0.39, 0.29) is 17.9 Å². The Hall–Kier alpha value is -2.33. The lowest BCUT2D eigenvalue weighted by Crippen LogP contribution is -2.47. The molecule has 1 fully saturated rings. The van der Waals surface area contributed by atoms with Crippen molar-refractivity contribution in [2.75, 3.05) is 14.2 Å². The van der Waals surface area contributed by atoms with Crippen LogP contribution in [0.15, 0.2) is 48.5 Å². The van der Waals surface area contributed by atoms with Crippen molar-refractivity contribution < 1.29 is 14.3 Å². The molecule has 1 heterocycles. The Bertz CT molecular complexity index is 735. The van der Waals surface area contributed by atoms with Crippen molar-refractivity contribution in [3.63, 3.8) is 0 Å². The zero-order valence-corrected chi connectivity index (χ0v) is 15.2. The maximum atomic E-state index is 12.8. The van der Waals surface area contributed by atoms with Crippen molar-refractivity contribution in [1.82, 2.24) is 5.32 Å². The molecule has 3 rings (SSSR count). The normalized spacial score (nSPS) is 22.5. The van der Waals surface area contributed by atoms with E-state index in [2.05, 4.69) is 5.32 Å².